The van der Waals surface area contributed by atoms with Gasteiger partial charge in [-0.25, -0.2) is 4.98 Å². The fraction of sp³-hybridized carbons (Fsp3) is 0.375. The minimum atomic E-state index is 0.228. The number of rotatable bonds is 11. The summed E-state index contributed by atoms with van der Waals surface area (Å²) >= 11 is 1.67. The molecule has 0 saturated carbocycles. The Morgan fingerprint density at radius 1 is 1.00 bits per heavy atom. The molecule has 0 saturated heterocycles. The Kier molecular flexibility index (Phi) is 8.14. The molecule has 8 nitrogen and oxygen atoms in total. The number of methoxy groups -OCH3 is 2. The summed E-state index contributed by atoms with van der Waals surface area (Å²) in [4.78, 5) is 4.75. The molecule has 9 heteroatoms. The highest BCUT2D eigenvalue weighted by atomic mass is 32.1. The lowest BCUT2D eigenvalue weighted by atomic mass is 9.92. The predicted molar refractivity (Wildman–Crippen MR) is 162 cm³/mol. The molecule has 0 unspecified atom stereocenters. The fourth-order valence-corrected chi connectivity index (χ4v) is 6.55. The Morgan fingerprint density at radius 3 is 2.63 bits per heavy atom. The molecule has 41 heavy (non-hydrogen) atoms. The van der Waals surface area contributed by atoms with Crippen molar-refractivity contribution >= 4 is 27.8 Å². The third-order valence-electron chi connectivity index (χ3n) is 7.69. The van der Waals surface area contributed by atoms with E-state index in [0.717, 1.165) is 83.0 Å². The van der Waals surface area contributed by atoms with E-state index in [9.17, 15) is 5.21 Å². The van der Waals surface area contributed by atoms with E-state index in [1.165, 1.54) is 4.70 Å². The van der Waals surface area contributed by atoms with Gasteiger partial charge in [0.1, 0.15) is 5.01 Å². The number of thiazole rings is 1. The van der Waals surface area contributed by atoms with Crippen molar-refractivity contribution in [1.82, 2.24) is 9.55 Å². The number of hydroxylamine groups is 1. The van der Waals surface area contributed by atoms with Crippen molar-refractivity contribution in [2.45, 2.75) is 45.1 Å². The van der Waals surface area contributed by atoms with Gasteiger partial charge < -0.3 is 28.7 Å². The maximum absolute atomic E-state index is 12.8. The van der Waals surface area contributed by atoms with Crippen LogP contribution in [0.15, 0.2) is 60.4 Å². The number of allylic oxidation sites excluding steroid dienone is 2. The number of hydrogen-bond donors (Lipinski definition) is 0. The van der Waals surface area contributed by atoms with Crippen LogP contribution in [0.25, 0.3) is 20.8 Å². The van der Waals surface area contributed by atoms with E-state index in [0.29, 0.717) is 30.5 Å². The first-order valence-electron chi connectivity index (χ1n) is 14.2. The van der Waals surface area contributed by atoms with Crippen LogP contribution in [-0.4, -0.2) is 47.9 Å². The van der Waals surface area contributed by atoms with Crippen molar-refractivity contribution in [3.05, 3.63) is 71.3 Å². The zero-order valence-corrected chi connectivity index (χ0v) is 24.3. The molecule has 0 spiro atoms. The Hall–Kier alpha value is -3.98. The van der Waals surface area contributed by atoms with Gasteiger partial charge in [0, 0.05) is 12.1 Å². The highest BCUT2D eigenvalue weighted by molar-refractivity contribution is 7.21. The summed E-state index contributed by atoms with van der Waals surface area (Å²) in [6, 6.07) is 14.1. The molecule has 1 aliphatic carbocycles. The van der Waals surface area contributed by atoms with Crippen molar-refractivity contribution in [3.63, 3.8) is 0 Å². The number of nitrogens with zero attached hydrogens (tertiary/aromatic N) is 3. The maximum atomic E-state index is 12.8. The van der Waals surface area contributed by atoms with E-state index in [1.54, 1.807) is 31.8 Å². The maximum Gasteiger partial charge on any atom is 0.208 e. The third kappa shape index (κ3) is 5.77. The van der Waals surface area contributed by atoms with Gasteiger partial charge in [0.25, 0.3) is 0 Å². The molecular formula is C32H35N3O5S. The molecule has 2 aliphatic rings. The molecule has 3 heterocycles. The van der Waals surface area contributed by atoms with Crippen LogP contribution in [-0.2, 0) is 6.54 Å². The number of ether oxygens (including phenoxy) is 4. The summed E-state index contributed by atoms with van der Waals surface area (Å²) in [5.74, 6) is 2.97. The summed E-state index contributed by atoms with van der Waals surface area (Å²) < 4.78 is 27.7. The molecule has 6 rings (SSSR count). The first-order chi connectivity index (χ1) is 20.1. The van der Waals surface area contributed by atoms with Crippen LogP contribution in [0, 0.1) is 11.1 Å². The van der Waals surface area contributed by atoms with E-state index < -0.39 is 0 Å². The summed E-state index contributed by atoms with van der Waals surface area (Å²) in [5, 5.41) is 13.7. The first kappa shape index (κ1) is 27.2. The van der Waals surface area contributed by atoms with Crippen LogP contribution in [0.5, 0.6) is 23.0 Å². The van der Waals surface area contributed by atoms with E-state index in [4.69, 9.17) is 23.9 Å². The predicted octanol–water partition coefficient (Wildman–Crippen LogP) is 7.04. The number of fused-ring (bicyclic) bond motifs is 3. The van der Waals surface area contributed by atoms with E-state index >= 15 is 0 Å². The van der Waals surface area contributed by atoms with Gasteiger partial charge in [0.05, 0.1) is 49.8 Å². The van der Waals surface area contributed by atoms with Gasteiger partial charge in [-0.05, 0) is 74.9 Å². The Balaban J connectivity index is 0.995. The van der Waals surface area contributed by atoms with Gasteiger partial charge in [0.15, 0.2) is 34.4 Å². The van der Waals surface area contributed by atoms with Gasteiger partial charge in [-0.1, -0.05) is 12.1 Å². The largest absolute Gasteiger partial charge is 0.618 e. The van der Waals surface area contributed by atoms with Crippen LogP contribution in [0.1, 0.15) is 44.2 Å². The number of unbranched alkanes of at least 4 members (excludes halogenated alkanes) is 2. The van der Waals surface area contributed by atoms with Crippen LogP contribution in [0.3, 0.4) is 0 Å². The molecule has 4 aromatic rings. The zero-order chi connectivity index (χ0) is 28.2. The monoisotopic (exact) mass is 573 g/mol. The topological polar surface area (TPSA) is 80.8 Å². The van der Waals surface area contributed by atoms with Crippen LogP contribution in [0.4, 0.5) is 0 Å². The smallest absolute Gasteiger partial charge is 0.208 e. The lowest BCUT2D eigenvalue weighted by molar-refractivity contribution is -0.406. The van der Waals surface area contributed by atoms with Gasteiger partial charge in [0.2, 0.25) is 6.21 Å². The van der Waals surface area contributed by atoms with Gasteiger partial charge in [-0.2, -0.15) is 4.74 Å². The second kappa shape index (κ2) is 12.3. The van der Waals surface area contributed by atoms with Crippen molar-refractivity contribution in [1.29, 1.82) is 0 Å². The Morgan fingerprint density at radius 2 is 1.83 bits per heavy atom. The molecular weight excluding hydrogens is 538 g/mol. The lowest BCUT2D eigenvalue weighted by Crippen LogP contribution is -2.18. The molecule has 0 amide bonds. The quantitative estimate of drug-likeness (QED) is 0.109. The molecule has 0 radical (unpaired) electrons. The highest BCUT2D eigenvalue weighted by Gasteiger charge is 2.31. The van der Waals surface area contributed by atoms with Crippen molar-refractivity contribution in [3.8, 4) is 33.6 Å². The van der Waals surface area contributed by atoms with Gasteiger partial charge in [-0.15, -0.1) is 11.3 Å². The van der Waals surface area contributed by atoms with Gasteiger partial charge in [-0.3, -0.25) is 0 Å². The summed E-state index contributed by atoms with van der Waals surface area (Å²) in [6.45, 7) is 1.92. The second-order valence-electron chi connectivity index (χ2n) is 10.4. The number of hydrogen-bond acceptors (Lipinski definition) is 7. The molecule has 0 N–H and O–H groups in total. The SMILES string of the molecule is COc1cc(-c2nc3ccccc3s2)ccc1OCCCCCOc1cn2c(c1OC)C=[N+]([O-])C1=CCCC[C@H]1C2. The normalized spacial score (nSPS) is 16.3. The second-order valence-corrected chi connectivity index (χ2v) is 11.4. The molecule has 1 aliphatic heterocycles. The highest BCUT2D eigenvalue weighted by Crippen LogP contribution is 2.38. The van der Waals surface area contributed by atoms with Crippen LogP contribution in [0.2, 0.25) is 0 Å². The zero-order valence-electron chi connectivity index (χ0n) is 23.5. The average Bonchev–Trinajstić information content (AvgIpc) is 3.54. The van der Waals surface area contributed by atoms with Crippen LogP contribution >= 0.6 is 11.3 Å². The number of benzene rings is 2. The van der Waals surface area contributed by atoms with Gasteiger partial charge >= 0.3 is 0 Å². The van der Waals surface area contributed by atoms with E-state index in [2.05, 4.69) is 16.7 Å². The van der Waals surface area contributed by atoms with E-state index in [1.807, 2.05) is 42.6 Å². The van der Waals surface area contributed by atoms with Crippen LogP contribution < -0.4 is 18.9 Å². The average molecular weight is 574 g/mol. The lowest BCUT2D eigenvalue weighted by Gasteiger charge is -2.20. The third-order valence-corrected chi connectivity index (χ3v) is 8.78. The summed E-state index contributed by atoms with van der Waals surface area (Å²) in [7, 11) is 3.29. The molecule has 0 bridgehead atoms. The Labute approximate surface area is 244 Å². The minimum Gasteiger partial charge on any atom is -0.618 e. The summed E-state index contributed by atoms with van der Waals surface area (Å²) in [5.41, 5.74) is 3.66. The van der Waals surface area contributed by atoms with Crippen molar-refractivity contribution < 1.29 is 23.7 Å². The molecule has 2 aromatic heterocycles. The van der Waals surface area contributed by atoms with Crippen molar-refractivity contribution in [2.75, 3.05) is 27.4 Å². The molecule has 0 fully saturated rings. The minimum absolute atomic E-state index is 0.228. The molecule has 2 aromatic carbocycles. The Bertz CT molecular complexity index is 1550. The first-order valence-corrected chi connectivity index (χ1v) is 15.0. The van der Waals surface area contributed by atoms with Crippen molar-refractivity contribution in [2.24, 2.45) is 5.92 Å². The summed E-state index contributed by atoms with van der Waals surface area (Å²) in [6.07, 6.45) is 11.5. The fourth-order valence-electron chi connectivity index (χ4n) is 5.59. The molecule has 214 valence electrons. The molecule has 1 atom stereocenters. The number of aromatic nitrogens is 2. The van der Waals surface area contributed by atoms with E-state index in [-0.39, 0.29) is 5.92 Å². The standard InChI is InChI=1S/C32H35N3O5S/c1-37-28-18-22(32-33-24-11-5-7-13-30(24)41-32)14-15-27(28)39-16-8-3-9-17-40-29-21-34-19-23-10-4-6-12-25(23)35(36)20-26(34)31(29)38-2/h5,7,11-15,18,20-21,23H,3-4,6,8-10,16-17,19H2,1-2H3/t23-/m0/s1. The number of para-hydroxylation sites is 1.